The fourth-order valence-corrected chi connectivity index (χ4v) is 8.35. The Balaban J connectivity index is 1.06. The van der Waals surface area contributed by atoms with Crippen LogP contribution < -0.4 is 0 Å². The van der Waals surface area contributed by atoms with Crippen molar-refractivity contribution in [2.24, 2.45) is 0 Å². The average Bonchev–Trinajstić information content (AvgIpc) is 3.97. The van der Waals surface area contributed by atoms with Gasteiger partial charge >= 0.3 is 0 Å². The molecule has 0 bridgehead atoms. The Hall–Kier alpha value is -7.83. The maximum absolute atomic E-state index is 6.65. The molecule has 0 saturated carbocycles. The molecule has 6 nitrogen and oxygen atoms in total. The SMILES string of the molecule is c1ccc(-c2nc(-c3ccccc3)nc(-c3cccc4oc5cc(-c6cc(-c7cccc8oc9ccccc9c78)c7c(c6)oc6ccccc67)ccc5c34)n2)cc1. The van der Waals surface area contributed by atoms with E-state index >= 15 is 0 Å². The molecule has 0 radical (unpaired) electrons. The van der Waals surface area contributed by atoms with Crippen molar-refractivity contribution in [3.05, 3.63) is 176 Å². The molecule has 0 atom stereocenters. The molecule has 0 unspecified atom stereocenters. The molecule has 4 heterocycles. The van der Waals surface area contributed by atoms with Crippen LogP contribution in [0.5, 0.6) is 0 Å². The number of nitrogens with zero attached hydrogens (tertiary/aromatic N) is 3. The van der Waals surface area contributed by atoms with E-state index in [0.717, 1.165) is 105 Å². The summed E-state index contributed by atoms with van der Waals surface area (Å²) >= 11 is 0. The number of furan rings is 3. The molecule has 6 heteroatoms. The van der Waals surface area contributed by atoms with Gasteiger partial charge in [-0.15, -0.1) is 0 Å². The van der Waals surface area contributed by atoms with Crippen molar-refractivity contribution >= 4 is 65.8 Å². The molecule has 0 aliphatic heterocycles. The third kappa shape index (κ3) is 5.01. The van der Waals surface area contributed by atoms with Gasteiger partial charge in [-0.2, -0.15) is 0 Å². The molecule has 0 amide bonds. The van der Waals surface area contributed by atoms with Gasteiger partial charge in [-0.05, 0) is 70.8 Å². The first-order chi connectivity index (χ1) is 28.2. The lowest BCUT2D eigenvalue weighted by Gasteiger charge is -2.10. The maximum Gasteiger partial charge on any atom is 0.164 e. The molecule has 57 heavy (non-hydrogen) atoms. The van der Waals surface area contributed by atoms with Crippen molar-refractivity contribution < 1.29 is 13.3 Å². The molecule has 8 aromatic carbocycles. The quantitative estimate of drug-likeness (QED) is 0.175. The minimum Gasteiger partial charge on any atom is -0.456 e. The summed E-state index contributed by atoms with van der Waals surface area (Å²) in [7, 11) is 0. The molecule has 4 aromatic heterocycles. The highest BCUT2D eigenvalue weighted by atomic mass is 16.3. The van der Waals surface area contributed by atoms with Crippen LogP contribution in [0.4, 0.5) is 0 Å². The highest BCUT2D eigenvalue weighted by Crippen LogP contribution is 2.45. The number of benzene rings is 8. The summed E-state index contributed by atoms with van der Waals surface area (Å²) in [6, 6.07) is 59.7. The Bertz CT molecular complexity index is 3470. The van der Waals surface area contributed by atoms with Crippen LogP contribution in [0.15, 0.2) is 189 Å². The highest BCUT2D eigenvalue weighted by Gasteiger charge is 2.21. The number of aromatic nitrogens is 3. The summed E-state index contributed by atoms with van der Waals surface area (Å²) in [4.78, 5) is 15.0. The summed E-state index contributed by atoms with van der Waals surface area (Å²) in [6.45, 7) is 0. The van der Waals surface area contributed by atoms with E-state index in [-0.39, 0.29) is 0 Å². The number of fused-ring (bicyclic) bond motifs is 9. The molecule has 266 valence electrons. The van der Waals surface area contributed by atoms with Gasteiger partial charge in [0.2, 0.25) is 0 Å². The minimum atomic E-state index is 0.584. The largest absolute Gasteiger partial charge is 0.456 e. The van der Waals surface area contributed by atoms with Crippen LogP contribution >= 0.6 is 0 Å². The second-order valence-electron chi connectivity index (χ2n) is 14.3. The van der Waals surface area contributed by atoms with Gasteiger partial charge in [0, 0.05) is 49.0 Å². The van der Waals surface area contributed by atoms with Crippen molar-refractivity contribution in [1.29, 1.82) is 0 Å². The van der Waals surface area contributed by atoms with Crippen molar-refractivity contribution in [3.8, 4) is 56.4 Å². The van der Waals surface area contributed by atoms with E-state index in [9.17, 15) is 0 Å². The Morgan fingerprint density at radius 3 is 1.40 bits per heavy atom. The smallest absolute Gasteiger partial charge is 0.164 e. The molecular weight excluding hydrogens is 703 g/mol. The molecule has 12 aromatic rings. The second-order valence-corrected chi connectivity index (χ2v) is 14.3. The Morgan fingerprint density at radius 1 is 0.263 bits per heavy atom. The van der Waals surface area contributed by atoms with Crippen molar-refractivity contribution in [3.63, 3.8) is 0 Å². The number of rotatable bonds is 5. The van der Waals surface area contributed by atoms with Gasteiger partial charge in [0.25, 0.3) is 0 Å². The van der Waals surface area contributed by atoms with Crippen LogP contribution in [0, 0.1) is 0 Å². The third-order valence-electron chi connectivity index (χ3n) is 10.9. The number of hydrogen-bond donors (Lipinski definition) is 0. The van der Waals surface area contributed by atoms with Crippen LogP contribution in [0.3, 0.4) is 0 Å². The van der Waals surface area contributed by atoms with Crippen LogP contribution in [-0.4, -0.2) is 15.0 Å². The topological polar surface area (TPSA) is 78.1 Å². The van der Waals surface area contributed by atoms with E-state index in [1.165, 1.54) is 0 Å². The molecule has 0 saturated heterocycles. The van der Waals surface area contributed by atoms with Gasteiger partial charge in [-0.3, -0.25) is 0 Å². The molecule has 0 aliphatic carbocycles. The number of para-hydroxylation sites is 2. The lowest BCUT2D eigenvalue weighted by molar-refractivity contribution is 0.668. The number of hydrogen-bond acceptors (Lipinski definition) is 6. The maximum atomic E-state index is 6.65. The van der Waals surface area contributed by atoms with Gasteiger partial charge in [0.1, 0.15) is 33.5 Å². The van der Waals surface area contributed by atoms with Crippen molar-refractivity contribution in [2.45, 2.75) is 0 Å². The van der Waals surface area contributed by atoms with Crippen LogP contribution in [0.1, 0.15) is 0 Å². The van der Waals surface area contributed by atoms with Crippen molar-refractivity contribution in [2.75, 3.05) is 0 Å². The van der Waals surface area contributed by atoms with E-state index in [0.29, 0.717) is 17.5 Å². The molecule has 0 fully saturated rings. The Labute approximate surface area is 325 Å². The van der Waals surface area contributed by atoms with Gasteiger partial charge in [0.15, 0.2) is 17.5 Å². The normalized spacial score (nSPS) is 11.9. The molecule has 12 rings (SSSR count). The van der Waals surface area contributed by atoms with Gasteiger partial charge in [-0.25, -0.2) is 15.0 Å². The monoisotopic (exact) mass is 731 g/mol. The summed E-state index contributed by atoms with van der Waals surface area (Å²) in [5.74, 6) is 1.81. The summed E-state index contributed by atoms with van der Waals surface area (Å²) < 4.78 is 19.6. The zero-order valence-electron chi connectivity index (χ0n) is 30.3. The van der Waals surface area contributed by atoms with E-state index in [1.54, 1.807) is 0 Å². The standard InChI is InChI=1S/C51H29N3O3/c1-3-13-30(14-4-1)49-52-50(31-15-5-2-6-16-31)54-51(53-49)38-20-12-24-43-47(38)37-26-25-32(28-44(37)57-43)33-27-39(48-36-18-8-10-22-41(36)56-45(48)29-33)34-19-11-23-42-46(34)35-17-7-9-21-40(35)55-42/h1-29H. The van der Waals surface area contributed by atoms with E-state index < -0.39 is 0 Å². The average molecular weight is 732 g/mol. The summed E-state index contributed by atoms with van der Waals surface area (Å²) in [5, 5.41) is 6.24. The highest BCUT2D eigenvalue weighted by molar-refractivity contribution is 6.20. The first kappa shape index (κ1) is 31.5. The van der Waals surface area contributed by atoms with E-state index in [2.05, 4.69) is 72.8 Å². The minimum absolute atomic E-state index is 0.584. The van der Waals surface area contributed by atoms with E-state index in [4.69, 9.17) is 28.2 Å². The predicted octanol–water partition coefficient (Wildman–Crippen LogP) is 13.9. The van der Waals surface area contributed by atoms with Gasteiger partial charge < -0.3 is 13.3 Å². The second kappa shape index (κ2) is 12.3. The lowest BCUT2D eigenvalue weighted by atomic mass is 9.92. The first-order valence-corrected chi connectivity index (χ1v) is 18.9. The first-order valence-electron chi connectivity index (χ1n) is 18.9. The third-order valence-corrected chi connectivity index (χ3v) is 10.9. The molecule has 0 N–H and O–H groups in total. The van der Waals surface area contributed by atoms with Crippen LogP contribution in [0.2, 0.25) is 0 Å². The fourth-order valence-electron chi connectivity index (χ4n) is 8.35. The van der Waals surface area contributed by atoms with Gasteiger partial charge in [0.05, 0.1) is 0 Å². The van der Waals surface area contributed by atoms with Crippen molar-refractivity contribution in [1.82, 2.24) is 15.0 Å². The Kier molecular flexibility index (Phi) is 6.83. The zero-order valence-corrected chi connectivity index (χ0v) is 30.3. The molecule has 0 aliphatic rings. The Morgan fingerprint density at radius 2 is 0.737 bits per heavy atom. The summed E-state index contributed by atoms with van der Waals surface area (Å²) in [5.41, 5.74) is 11.8. The van der Waals surface area contributed by atoms with E-state index in [1.807, 2.05) is 103 Å². The fraction of sp³-hybridized carbons (Fsp3) is 0. The van der Waals surface area contributed by atoms with Crippen LogP contribution in [-0.2, 0) is 0 Å². The predicted molar refractivity (Wildman–Crippen MR) is 229 cm³/mol. The van der Waals surface area contributed by atoms with Crippen LogP contribution in [0.25, 0.3) is 122 Å². The zero-order chi connectivity index (χ0) is 37.5. The molecular formula is C51H29N3O3. The van der Waals surface area contributed by atoms with Gasteiger partial charge in [-0.1, -0.05) is 127 Å². The lowest BCUT2D eigenvalue weighted by Crippen LogP contribution is -2.00. The summed E-state index contributed by atoms with van der Waals surface area (Å²) in [6.07, 6.45) is 0. The molecule has 0 spiro atoms.